The minimum absolute atomic E-state index is 0.200. The number of ether oxygens (including phenoxy) is 1. The molecule has 1 atom stereocenters. The van der Waals surface area contributed by atoms with Gasteiger partial charge in [-0.15, -0.1) is 0 Å². The summed E-state index contributed by atoms with van der Waals surface area (Å²) in [4.78, 5) is 8.30. The summed E-state index contributed by atoms with van der Waals surface area (Å²) in [5.41, 5.74) is 5.93. The molecular weight excluding hydrogens is 320 g/mol. The van der Waals surface area contributed by atoms with Crippen molar-refractivity contribution in [1.29, 1.82) is 0 Å². The van der Waals surface area contributed by atoms with Gasteiger partial charge in [0.05, 0.1) is 18.1 Å². The van der Waals surface area contributed by atoms with Crippen LogP contribution in [0.2, 0.25) is 0 Å². The van der Waals surface area contributed by atoms with E-state index in [4.69, 9.17) is 9.72 Å². The number of benzene rings is 3. The van der Waals surface area contributed by atoms with Gasteiger partial charge in [-0.25, -0.2) is 4.98 Å². The molecule has 0 aliphatic rings. The third-order valence-corrected chi connectivity index (χ3v) is 4.84. The highest BCUT2D eigenvalue weighted by Gasteiger charge is 2.13. The third-order valence-electron chi connectivity index (χ3n) is 4.84. The van der Waals surface area contributed by atoms with E-state index in [2.05, 4.69) is 72.6 Å². The monoisotopic (exact) mass is 342 g/mol. The van der Waals surface area contributed by atoms with E-state index in [9.17, 15) is 0 Å². The van der Waals surface area contributed by atoms with E-state index >= 15 is 0 Å². The summed E-state index contributed by atoms with van der Waals surface area (Å²) in [6.45, 7) is 2.17. The number of rotatable bonds is 5. The van der Waals surface area contributed by atoms with E-state index in [-0.39, 0.29) is 5.92 Å². The lowest BCUT2D eigenvalue weighted by Gasteiger charge is -2.09. The molecule has 4 rings (SSSR count). The van der Waals surface area contributed by atoms with Gasteiger partial charge in [-0.3, -0.25) is 0 Å². The zero-order valence-electron chi connectivity index (χ0n) is 15.1. The van der Waals surface area contributed by atoms with E-state index in [1.807, 2.05) is 12.1 Å². The highest BCUT2D eigenvalue weighted by Crippen LogP contribution is 2.26. The van der Waals surface area contributed by atoms with Crippen molar-refractivity contribution in [3.8, 4) is 5.75 Å². The molecule has 0 radical (unpaired) electrons. The van der Waals surface area contributed by atoms with Crippen molar-refractivity contribution in [2.75, 3.05) is 7.11 Å². The summed E-state index contributed by atoms with van der Waals surface area (Å²) in [5, 5.41) is 0. The van der Waals surface area contributed by atoms with Gasteiger partial charge in [-0.1, -0.05) is 55.5 Å². The Morgan fingerprint density at radius 1 is 0.923 bits per heavy atom. The number of methoxy groups -OCH3 is 1. The van der Waals surface area contributed by atoms with E-state index in [1.165, 1.54) is 16.7 Å². The number of fused-ring (bicyclic) bond motifs is 1. The lowest BCUT2D eigenvalue weighted by atomic mass is 10.0. The number of nitrogens with zero attached hydrogens (tertiary/aromatic N) is 1. The van der Waals surface area contributed by atoms with Crippen molar-refractivity contribution in [2.45, 2.75) is 19.3 Å². The minimum atomic E-state index is 0.200. The quantitative estimate of drug-likeness (QED) is 0.533. The molecule has 3 heteroatoms. The Bertz CT molecular complexity index is 1000. The highest BCUT2D eigenvalue weighted by atomic mass is 16.5. The topological polar surface area (TPSA) is 37.9 Å². The fourth-order valence-corrected chi connectivity index (χ4v) is 3.27. The van der Waals surface area contributed by atoms with Gasteiger partial charge >= 0.3 is 0 Å². The van der Waals surface area contributed by atoms with E-state index in [0.29, 0.717) is 0 Å². The standard InChI is InChI=1S/C23H22N2O/c1-16(19-9-11-20(26-2)12-10-19)23-24-21-13-8-18(15-22(21)25-23)14-17-6-4-3-5-7-17/h3-13,15-16H,14H2,1-2H3,(H,24,25). The van der Waals surface area contributed by atoms with Gasteiger partial charge in [0, 0.05) is 5.92 Å². The minimum Gasteiger partial charge on any atom is -0.497 e. The molecule has 0 bridgehead atoms. The van der Waals surface area contributed by atoms with E-state index in [0.717, 1.165) is 29.0 Å². The van der Waals surface area contributed by atoms with Crippen LogP contribution < -0.4 is 4.74 Å². The van der Waals surface area contributed by atoms with Crippen molar-refractivity contribution >= 4 is 11.0 Å². The maximum atomic E-state index is 5.24. The van der Waals surface area contributed by atoms with Crippen molar-refractivity contribution in [3.05, 3.63) is 95.3 Å². The van der Waals surface area contributed by atoms with Crippen LogP contribution in [0.3, 0.4) is 0 Å². The normalized spacial score (nSPS) is 12.2. The van der Waals surface area contributed by atoms with Crippen LogP contribution in [-0.4, -0.2) is 17.1 Å². The summed E-state index contributed by atoms with van der Waals surface area (Å²) in [6, 6.07) is 25.2. The Morgan fingerprint density at radius 3 is 2.42 bits per heavy atom. The molecule has 0 aliphatic heterocycles. The van der Waals surface area contributed by atoms with Crippen molar-refractivity contribution < 1.29 is 4.74 Å². The molecule has 1 N–H and O–H groups in total. The molecular formula is C23H22N2O. The molecule has 4 aromatic rings. The predicted octanol–water partition coefficient (Wildman–Crippen LogP) is 5.31. The van der Waals surface area contributed by atoms with Crippen molar-refractivity contribution in [2.24, 2.45) is 0 Å². The Morgan fingerprint density at radius 2 is 1.69 bits per heavy atom. The van der Waals surface area contributed by atoms with Crippen LogP contribution >= 0.6 is 0 Å². The number of hydrogen-bond acceptors (Lipinski definition) is 2. The number of H-pyrrole nitrogens is 1. The van der Waals surface area contributed by atoms with Crippen LogP contribution in [0, 0.1) is 0 Å². The fourth-order valence-electron chi connectivity index (χ4n) is 3.27. The maximum Gasteiger partial charge on any atom is 0.118 e. The molecule has 0 spiro atoms. The summed E-state index contributed by atoms with van der Waals surface area (Å²) in [7, 11) is 1.69. The van der Waals surface area contributed by atoms with Gasteiger partial charge in [-0.2, -0.15) is 0 Å². The SMILES string of the molecule is COc1ccc(C(C)c2nc3ccc(Cc4ccccc4)cc3[nH]2)cc1. The Hall–Kier alpha value is -3.07. The van der Waals surface area contributed by atoms with Gasteiger partial charge < -0.3 is 9.72 Å². The van der Waals surface area contributed by atoms with E-state index < -0.39 is 0 Å². The van der Waals surface area contributed by atoms with Gasteiger partial charge in [0.2, 0.25) is 0 Å². The molecule has 130 valence electrons. The smallest absolute Gasteiger partial charge is 0.118 e. The van der Waals surface area contributed by atoms with Gasteiger partial charge in [0.1, 0.15) is 11.6 Å². The second-order valence-electron chi connectivity index (χ2n) is 6.63. The van der Waals surface area contributed by atoms with Crippen LogP contribution in [0.5, 0.6) is 5.75 Å². The number of aromatic amines is 1. The average molecular weight is 342 g/mol. The lowest BCUT2D eigenvalue weighted by molar-refractivity contribution is 0.414. The number of nitrogens with one attached hydrogen (secondary N) is 1. The predicted molar refractivity (Wildman–Crippen MR) is 106 cm³/mol. The molecule has 0 saturated carbocycles. The zero-order valence-corrected chi connectivity index (χ0v) is 15.1. The molecule has 26 heavy (non-hydrogen) atoms. The van der Waals surface area contributed by atoms with Crippen molar-refractivity contribution in [3.63, 3.8) is 0 Å². The first-order valence-electron chi connectivity index (χ1n) is 8.89. The Balaban J connectivity index is 1.60. The summed E-state index contributed by atoms with van der Waals surface area (Å²) < 4.78 is 5.24. The summed E-state index contributed by atoms with van der Waals surface area (Å²) in [6.07, 6.45) is 0.930. The first-order valence-corrected chi connectivity index (χ1v) is 8.89. The van der Waals surface area contributed by atoms with E-state index in [1.54, 1.807) is 7.11 Å². The maximum absolute atomic E-state index is 5.24. The molecule has 1 unspecified atom stereocenters. The lowest BCUT2D eigenvalue weighted by Crippen LogP contribution is -1.98. The van der Waals surface area contributed by atoms with Crippen LogP contribution in [0.1, 0.15) is 35.4 Å². The van der Waals surface area contributed by atoms with Gasteiger partial charge in [-0.05, 0) is 47.4 Å². The fraction of sp³-hybridized carbons (Fsp3) is 0.174. The summed E-state index contributed by atoms with van der Waals surface area (Å²) in [5.74, 6) is 2.06. The molecule has 1 aromatic heterocycles. The van der Waals surface area contributed by atoms with Gasteiger partial charge in [0.25, 0.3) is 0 Å². The van der Waals surface area contributed by atoms with Crippen LogP contribution in [0.4, 0.5) is 0 Å². The van der Waals surface area contributed by atoms with Gasteiger partial charge in [0.15, 0.2) is 0 Å². The second-order valence-corrected chi connectivity index (χ2v) is 6.63. The number of hydrogen-bond donors (Lipinski definition) is 1. The molecule has 0 amide bonds. The second kappa shape index (κ2) is 7.04. The summed E-state index contributed by atoms with van der Waals surface area (Å²) >= 11 is 0. The van der Waals surface area contributed by atoms with Crippen LogP contribution in [0.25, 0.3) is 11.0 Å². The molecule has 3 nitrogen and oxygen atoms in total. The Kier molecular flexibility index (Phi) is 4.44. The largest absolute Gasteiger partial charge is 0.497 e. The average Bonchev–Trinajstić information content (AvgIpc) is 3.11. The first-order chi connectivity index (χ1) is 12.7. The molecule has 3 aromatic carbocycles. The highest BCUT2D eigenvalue weighted by molar-refractivity contribution is 5.76. The Labute approximate surface area is 153 Å². The van der Waals surface area contributed by atoms with Crippen LogP contribution in [0.15, 0.2) is 72.8 Å². The van der Waals surface area contributed by atoms with Crippen molar-refractivity contribution in [1.82, 2.24) is 9.97 Å². The number of imidazole rings is 1. The third kappa shape index (κ3) is 3.33. The van der Waals surface area contributed by atoms with Crippen LogP contribution in [-0.2, 0) is 6.42 Å². The number of aromatic nitrogens is 2. The molecule has 1 heterocycles. The molecule has 0 aliphatic carbocycles. The molecule has 0 fully saturated rings. The molecule has 0 saturated heterocycles. The zero-order chi connectivity index (χ0) is 17.9. The first kappa shape index (κ1) is 16.4.